The first kappa shape index (κ1) is 16.4. The molecule has 2 aromatic rings. The van der Waals surface area contributed by atoms with Crippen molar-refractivity contribution in [3.8, 4) is 5.75 Å². The van der Waals surface area contributed by atoms with Crippen molar-refractivity contribution >= 4 is 16.9 Å². The predicted octanol–water partition coefficient (Wildman–Crippen LogP) is 4.01. The van der Waals surface area contributed by atoms with Crippen LogP contribution in [0, 0.1) is 5.82 Å². The Kier molecular flexibility index (Phi) is 6.27. The van der Waals surface area contributed by atoms with Crippen molar-refractivity contribution in [2.24, 2.45) is 10.7 Å². The third-order valence-electron chi connectivity index (χ3n) is 3.03. The number of hydrogen-bond acceptors (Lipinski definition) is 3. The molecule has 116 valence electrons. The lowest BCUT2D eigenvalue weighted by atomic mass is 10.1. The fourth-order valence-electron chi connectivity index (χ4n) is 1.89. The van der Waals surface area contributed by atoms with Gasteiger partial charge in [0.2, 0.25) is 0 Å². The Morgan fingerprint density at radius 1 is 1.18 bits per heavy atom. The molecule has 0 aliphatic carbocycles. The van der Waals surface area contributed by atoms with E-state index in [0.29, 0.717) is 17.5 Å². The molecule has 0 saturated carbocycles. The van der Waals surface area contributed by atoms with Crippen LogP contribution in [0.5, 0.6) is 5.75 Å². The lowest BCUT2D eigenvalue weighted by Gasteiger charge is -2.09. The molecule has 0 aromatic heterocycles. The topological polar surface area (TPSA) is 47.6 Å². The van der Waals surface area contributed by atoms with Crippen molar-refractivity contribution < 1.29 is 9.13 Å². The zero-order valence-corrected chi connectivity index (χ0v) is 13.2. The standard InChI is InChI=1S/C17H19FN2OS/c1-13(14-7-3-2-4-8-14)20-17(19)22-12-11-21-16-10-6-5-9-15(16)18/h2-10,13H,11-12H2,1H3,(H2,19,20)/t13-/m0/s1. The number of hydrogen-bond donors (Lipinski definition) is 1. The highest BCUT2D eigenvalue weighted by molar-refractivity contribution is 8.13. The quantitative estimate of drug-likeness (QED) is 0.497. The SMILES string of the molecule is C[C@H](N=C(N)SCCOc1ccccc1F)c1ccccc1. The van der Waals surface area contributed by atoms with Gasteiger partial charge in [-0.2, -0.15) is 0 Å². The first-order chi connectivity index (χ1) is 10.7. The van der Waals surface area contributed by atoms with Gasteiger partial charge in [0.15, 0.2) is 16.7 Å². The summed E-state index contributed by atoms with van der Waals surface area (Å²) in [6, 6.07) is 16.3. The molecular formula is C17H19FN2OS. The van der Waals surface area contributed by atoms with Gasteiger partial charge in [-0.05, 0) is 24.6 Å². The summed E-state index contributed by atoms with van der Waals surface area (Å²) in [6.45, 7) is 2.38. The van der Waals surface area contributed by atoms with Gasteiger partial charge >= 0.3 is 0 Å². The summed E-state index contributed by atoms with van der Waals surface area (Å²) in [5, 5.41) is 0.508. The van der Waals surface area contributed by atoms with Gasteiger partial charge in [0.1, 0.15) is 0 Å². The number of benzene rings is 2. The van der Waals surface area contributed by atoms with Crippen molar-refractivity contribution in [3.63, 3.8) is 0 Å². The number of amidine groups is 1. The van der Waals surface area contributed by atoms with Crippen molar-refractivity contribution in [1.29, 1.82) is 0 Å². The van der Waals surface area contributed by atoms with Crippen LogP contribution in [-0.4, -0.2) is 17.5 Å². The van der Waals surface area contributed by atoms with Gasteiger partial charge in [0, 0.05) is 5.75 Å². The van der Waals surface area contributed by atoms with E-state index < -0.39 is 0 Å². The molecule has 2 aromatic carbocycles. The summed E-state index contributed by atoms with van der Waals surface area (Å²) in [6.07, 6.45) is 0. The van der Waals surface area contributed by atoms with Crippen LogP contribution in [0.15, 0.2) is 59.6 Å². The monoisotopic (exact) mass is 318 g/mol. The minimum atomic E-state index is -0.355. The second-order valence-electron chi connectivity index (χ2n) is 4.68. The molecule has 0 fully saturated rings. The van der Waals surface area contributed by atoms with Crippen molar-refractivity contribution in [3.05, 3.63) is 66.0 Å². The molecule has 0 aliphatic heterocycles. The molecule has 22 heavy (non-hydrogen) atoms. The van der Waals surface area contributed by atoms with Gasteiger partial charge < -0.3 is 10.5 Å². The van der Waals surface area contributed by atoms with E-state index in [1.54, 1.807) is 18.2 Å². The largest absolute Gasteiger partial charge is 0.490 e. The Labute approximate surface area is 134 Å². The van der Waals surface area contributed by atoms with Crippen LogP contribution in [0.1, 0.15) is 18.5 Å². The van der Waals surface area contributed by atoms with E-state index in [9.17, 15) is 4.39 Å². The third kappa shape index (κ3) is 5.07. The number of thioether (sulfide) groups is 1. The Bertz CT molecular complexity index is 619. The number of rotatable bonds is 6. The molecule has 2 N–H and O–H groups in total. The maximum atomic E-state index is 13.4. The molecule has 0 aliphatic rings. The molecule has 0 heterocycles. The Morgan fingerprint density at radius 3 is 2.59 bits per heavy atom. The molecule has 0 spiro atoms. The van der Waals surface area contributed by atoms with Crippen LogP contribution < -0.4 is 10.5 Å². The molecule has 5 heteroatoms. The summed E-state index contributed by atoms with van der Waals surface area (Å²) < 4.78 is 18.7. The smallest absolute Gasteiger partial charge is 0.165 e. The van der Waals surface area contributed by atoms with Gasteiger partial charge in [-0.25, -0.2) is 4.39 Å². The van der Waals surface area contributed by atoms with E-state index in [-0.39, 0.29) is 17.6 Å². The van der Waals surface area contributed by atoms with Crippen LogP contribution >= 0.6 is 11.8 Å². The molecule has 0 bridgehead atoms. The second kappa shape index (κ2) is 8.44. The zero-order valence-electron chi connectivity index (χ0n) is 12.4. The van der Waals surface area contributed by atoms with Crippen molar-refractivity contribution in [1.82, 2.24) is 0 Å². The number of ether oxygens (including phenoxy) is 1. The van der Waals surface area contributed by atoms with E-state index in [0.717, 1.165) is 5.56 Å². The Hall–Kier alpha value is -2.01. The predicted molar refractivity (Wildman–Crippen MR) is 90.8 cm³/mol. The lowest BCUT2D eigenvalue weighted by molar-refractivity contribution is 0.325. The molecule has 0 unspecified atom stereocenters. The van der Waals surface area contributed by atoms with Gasteiger partial charge in [-0.15, -0.1) is 0 Å². The highest BCUT2D eigenvalue weighted by Gasteiger charge is 2.05. The second-order valence-corrected chi connectivity index (χ2v) is 5.80. The van der Waals surface area contributed by atoms with Gasteiger partial charge in [0.25, 0.3) is 0 Å². The Balaban J connectivity index is 1.77. The molecule has 0 amide bonds. The molecule has 0 radical (unpaired) electrons. The summed E-state index contributed by atoms with van der Waals surface area (Å²) in [4.78, 5) is 4.44. The molecule has 1 atom stereocenters. The highest BCUT2D eigenvalue weighted by Crippen LogP contribution is 2.18. The van der Waals surface area contributed by atoms with Crippen LogP contribution in [0.3, 0.4) is 0 Å². The lowest BCUT2D eigenvalue weighted by Crippen LogP contribution is -2.12. The first-order valence-corrected chi connectivity index (χ1v) is 8.03. The van der Waals surface area contributed by atoms with E-state index in [1.807, 2.05) is 37.3 Å². The zero-order chi connectivity index (χ0) is 15.8. The van der Waals surface area contributed by atoms with E-state index in [1.165, 1.54) is 17.8 Å². The average Bonchev–Trinajstić information content (AvgIpc) is 2.54. The van der Waals surface area contributed by atoms with Crippen LogP contribution in [0.2, 0.25) is 0 Å². The third-order valence-corrected chi connectivity index (χ3v) is 3.80. The molecule has 0 saturated heterocycles. The van der Waals surface area contributed by atoms with Crippen LogP contribution in [0.4, 0.5) is 4.39 Å². The van der Waals surface area contributed by atoms with Crippen LogP contribution in [-0.2, 0) is 0 Å². The molecular weight excluding hydrogens is 299 g/mol. The number of para-hydroxylation sites is 1. The minimum absolute atomic E-state index is 0.0150. The maximum absolute atomic E-state index is 13.4. The summed E-state index contributed by atoms with van der Waals surface area (Å²) >= 11 is 1.40. The highest BCUT2D eigenvalue weighted by atomic mass is 32.2. The van der Waals surface area contributed by atoms with E-state index >= 15 is 0 Å². The van der Waals surface area contributed by atoms with E-state index in [4.69, 9.17) is 10.5 Å². The number of halogens is 1. The summed E-state index contributed by atoms with van der Waals surface area (Å²) in [5.41, 5.74) is 7.02. The van der Waals surface area contributed by atoms with E-state index in [2.05, 4.69) is 4.99 Å². The van der Waals surface area contributed by atoms with Crippen LogP contribution in [0.25, 0.3) is 0 Å². The fourth-order valence-corrected chi connectivity index (χ4v) is 2.50. The fraction of sp³-hybridized carbons (Fsp3) is 0.235. The van der Waals surface area contributed by atoms with Gasteiger partial charge in [0.05, 0.1) is 12.6 Å². The number of nitrogens with two attached hydrogens (primary N) is 1. The number of nitrogens with zero attached hydrogens (tertiary/aromatic N) is 1. The average molecular weight is 318 g/mol. The number of aliphatic imine (C=N–C) groups is 1. The molecule has 2 rings (SSSR count). The summed E-state index contributed by atoms with van der Waals surface area (Å²) in [5.74, 6) is 0.522. The minimum Gasteiger partial charge on any atom is -0.490 e. The molecule has 3 nitrogen and oxygen atoms in total. The Morgan fingerprint density at radius 2 is 1.86 bits per heavy atom. The van der Waals surface area contributed by atoms with Gasteiger partial charge in [-0.3, -0.25) is 4.99 Å². The first-order valence-electron chi connectivity index (χ1n) is 7.05. The van der Waals surface area contributed by atoms with Crippen molar-refractivity contribution in [2.45, 2.75) is 13.0 Å². The summed E-state index contributed by atoms with van der Waals surface area (Å²) in [7, 11) is 0. The van der Waals surface area contributed by atoms with Gasteiger partial charge in [-0.1, -0.05) is 54.2 Å². The maximum Gasteiger partial charge on any atom is 0.165 e. The van der Waals surface area contributed by atoms with Crippen molar-refractivity contribution in [2.75, 3.05) is 12.4 Å². The normalized spacial score (nSPS) is 12.9.